The van der Waals surface area contributed by atoms with Gasteiger partial charge in [-0.25, -0.2) is 4.98 Å². The van der Waals surface area contributed by atoms with Crippen LogP contribution in [0.25, 0.3) is 16.9 Å². The van der Waals surface area contributed by atoms with Crippen molar-refractivity contribution in [3.05, 3.63) is 42.2 Å². The van der Waals surface area contributed by atoms with Crippen molar-refractivity contribution >= 4 is 11.3 Å². The van der Waals surface area contributed by atoms with Gasteiger partial charge in [-0.1, -0.05) is 0 Å². The Morgan fingerprint density at radius 3 is 2.48 bits per heavy atom. The summed E-state index contributed by atoms with van der Waals surface area (Å²) in [5, 5.41) is 0. The Morgan fingerprint density at radius 1 is 1.05 bits per heavy atom. The van der Waals surface area contributed by atoms with Gasteiger partial charge in [0, 0.05) is 17.5 Å². The van der Waals surface area contributed by atoms with Gasteiger partial charge in [-0.05, 0) is 37.3 Å². The van der Waals surface area contributed by atoms with Gasteiger partial charge in [0.1, 0.15) is 0 Å². The maximum absolute atomic E-state index is 5.99. The summed E-state index contributed by atoms with van der Waals surface area (Å²) in [5.41, 5.74) is 10.3. The van der Waals surface area contributed by atoms with Gasteiger partial charge >= 0.3 is 0 Å². The molecule has 21 heavy (non-hydrogen) atoms. The number of benzene rings is 1. The van der Waals surface area contributed by atoms with E-state index in [2.05, 4.69) is 4.98 Å². The van der Waals surface area contributed by atoms with E-state index in [0.717, 1.165) is 22.6 Å². The van der Waals surface area contributed by atoms with E-state index in [9.17, 15) is 0 Å². The van der Waals surface area contributed by atoms with E-state index in [4.69, 9.17) is 15.2 Å². The lowest BCUT2D eigenvalue weighted by molar-refractivity contribution is 0.355. The van der Waals surface area contributed by atoms with Gasteiger partial charge in [0.2, 0.25) is 0 Å². The van der Waals surface area contributed by atoms with Crippen molar-refractivity contribution in [3.63, 3.8) is 0 Å². The molecule has 0 aliphatic rings. The summed E-state index contributed by atoms with van der Waals surface area (Å²) >= 11 is 0. The molecule has 0 fully saturated rings. The van der Waals surface area contributed by atoms with Crippen LogP contribution in [0.3, 0.4) is 0 Å². The highest BCUT2D eigenvalue weighted by atomic mass is 16.5. The number of pyridine rings is 1. The number of methoxy groups -OCH3 is 2. The van der Waals surface area contributed by atoms with Gasteiger partial charge in [0.15, 0.2) is 17.1 Å². The predicted molar refractivity (Wildman–Crippen MR) is 82.9 cm³/mol. The highest BCUT2D eigenvalue weighted by molar-refractivity contribution is 5.72. The smallest absolute Gasteiger partial charge is 0.161 e. The molecule has 0 atom stereocenters. The van der Waals surface area contributed by atoms with Crippen LogP contribution in [0.15, 0.2) is 36.5 Å². The van der Waals surface area contributed by atoms with E-state index >= 15 is 0 Å². The van der Waals surface area contributed by atoms with Gasteiger partial charge in [-0.2, -0.15) is 0 Å². The number of nitrogens with zero attached hydrogens (tertiary/aromatic N) is 2. The van der Waals surface area contributed by atoms with Gasteiger partial charge in [0.25, 0.3) is 0 Å². The fourth-order valence-electron chi connectivity index (χ4n) is 2.35. The summed E-state index contributed by atoms with van der Waals surface area (Å²) in [6, 6.07) is 9.58. The fraction of sp³-hybridized carbons (Fsp3) is 0.188. The second-order valence-corrected chi connectivity index (χ2v) is 4.82. The number of aryl methyl sites for hydroxylation is 1. The third kappa shape index (κ3) is 2.16. The minimum atomic E-state index is 0.660. The molecule has 0 aliphatic heterocycles. The van der Waals surface area contributed by atoms with Crippen LogP contribution in [0.1, 0.15) is 5.69 Å². The third-order valence-electron chi connectivity index (χ3n) is 3.53. The zero-order chi connectivity index (χ0) is 15.0. The van der Waals surface area contributed by atoms with E-state index < -0.39 is 0 Å². The molecular weight excluding hydrogens is 266 g/mol. The molecule has 0 saturated heterocycles. The Morgan fingerprint density at radius 2 is 1.81 bits per heavy atom. The molecule has 0 spiro atoms. The van der Waals surface area contributed by atoms with Crippen LogP contribution in [-0.2, 0) is 0 Å². The van der Waals surface area contributed by atoms with Gasteiger partial charge in [0.05, 0.1) is 25.6 Å². The number of nitrogen functional groups attached to an aromatic ring is 1. The maximum Gasteiger partial charge on any atom is 0.161 e. The SMILES string of the molecule is COc1ccc(-c2cn3c(C)ccc(N)c3n2)cc1OC. The number of anilines is 1. The fourth-order valence-corrected chi connectivity index (χ4v) is 2.35. The molecule has 3 rings (SSSR count). The van der Waals surface area contributed by atoms with Crippen LogP contribution in [0, 0.1) is 6.92 Å². The largest absolute Gasteiger partial charge is 0.493 e. The van der Waals surface area contributed by atoms with Crippen LogP contribution in [0.4, 0.5) is 5.69 Å². The van der Waals surface area contributed by atoms with Crippen molar-refractivity contribution in [2.45, 2.75) is 6.92 Å². The number of hydrogen-bond acceptors (Lipinski definition) is 4. The van der Waals surface area contributed by atoms with E-state index in [1.54, 1.807) is 14.2 Å². The lowest BCUT2D eigenvalue weighted by atomic mass is 10.1. The van der Waals surface area contributed by atoms with Gasteiger partial charge in [-0.3, -0.25) is 0 Å². The number of hydrogen-bond donors (Lipinski definition) is 1. The highest BCUT2D eigenvalue weighted by Gasteiger charge is 2.11. The Balaban J connectivity index is 2.16. The third-order valence-corrected chi connectivity index (χ3v) is 3.53. The molecule has 2 aromatic heterocycles. The molecule has 0 saturated carbocycles. The van der Waals surface area contributed by atoms with E-state index in [1.807, 2.05) is 47.9 Å². The number of nitrogens with two attached hydrogens (primary N) is 1. The summed E-state index contributed by atoms with van der Waals surface area (Å²) in [6.45, 7) is 2.02. The van der Waals surface area contributed by atoms with Crippen molar-refractivity contribution < 1.29 is 9.47 Å². The Kier molecular flexibility index (Phi) is 3.17. The molecule has 0 bridgehead atoms. The number of aromatic nitrogens is 2. The molecule has 0 unspecified atom stereocenters. The normalized spacial score (nSPS) is 10.8. The van der Waals surface area contributed by atoms with Crippen molar-refractivity contribution in [3.8, 4) is 22.8 Å². The van der Waals surface area contributed by atoms with Crippen LogP contribution in [0.2, 0.25) is 0 Å². The summed E-state index contributed by atoms with van der Waals surface area (Å²) in [4.78, 5) is 4.62. The molecular formula is C16H17N3O2. The van der Waals surface area contributed by atoms with Crippen LogP contribution < -0.4 is 15.2 Å². The second-order valence-electron chi connectivity index (χ2n) is 4.82. The quantitative estimate of drug-likeness (QED) is 0.803. The monoisotopic (exact) mass is 283 g/mol. The Bertz CT molecular complexity index is 770. The number of fused-ring (bicyclic) bond motifs is 1. The average Bonchev–Trinajstić information content (AvgIpc) is 2.97. The lowest BCUT2D eigenvalue weighted by Gasteiger charge is -2.08. The van der Waals surface area contributed by atoms with Crippen molar-refractivity contribution in [2.24, 2.45) is 0 Å². The van der Waals surface area contributed by atoms with Crippen molar-refractivity contribution in [1.29, 1.82) is 0 Å². The molecule has 3 aromatic rings. The molecule has 0 radical (unpaired) electrons. The van der Waals surface area contributed by atoms with Gasteiger partial charge in [-0.15, -0.1) is 0 Å². The van der Waals surface area contributed by atoms with Gasteiger partial charge < -0.3 is 19.6 Å². The first kappa shape index (κ1) is 13.3. The summed E-state index contributed by atoms with van der Waals surface area (Å²) < 4.78 is 12.6. The summed E-state index contributed by atoms with van der Waals surface area (Å²) in [7, 11) is 3.24. The molecule has 0 amide bonds. The standard InChI is InChI=1S/C16H17N3O2/c1-10-4-6-12(17)16-18-13(9-19(10)16)11-5-7-14(20-2)15(8-11)21-3/h4-9H,17H2,1-3H3. The zero-order valence-corrected chi connectivity index (χ0v) is 12.3. The molecule has 1 aromatic carbocycles. The van der Waals surface area contributed by atoms with E-state index in [-0.39, 0.29) is 0 Å². The molecule has 5 heteroatoms. The number of ether oxygens (including phenoxy) is 2. The van der Waals surface area contributed by atoms with Crippen molar-refractivity contribution in [2.75, 3.05) is 20.0 Å². The average molecular weight is 283 g/mol. The minimum absolute atomic E-state index is 0.660. The highest BCUT2D eigenvalue weighted by Crippen LogP contribution is 2.32. The maximum atomic E-state index is 5.99. The first-order valence-electron chi connectivity index (χ1n) is 6.60. The Labute approximate surface area is 122 Å². The van der Waals surface area contributed by atoms with Crippen LogP contribution in [-0.4, -0.2) is 23.6 Å². The minimum Gasteiger partial charge on any atom is -0.493 e. The topological polar surface area (TPSA) is 61.8 Å². The molecule has 108 valence electrons. The van der Waals surface area contributed by atoms with Crippen LogP contribution in [0.5, 0.6) is 11.5 Å². The van der Waals surface area contributed by atoms with Crippen LogP contribution >= 0.6 is 0 Å². The number of imidazole rings is 1. The first-order chi connectivity index (χ1) is 10.1. The molecule has 2 N–H and O–H groups in total. The summed E-state index contributed by atoms with van der Waals surface area (Å²) in [5.74, 6) is 1.37. The van der Waals surface area contributed by atoms with Crippen molar-refractivity contribution in [1.82, 2.24) is 9.38 Å². The zero-order valence-electron chi connectivity index (χ0n) is 12.3. The Hall–Kier alpha value is -2.69. The lowest BCUT2D eigenvalue weighted by Crippen LogP contribution is -1.94. The van der Waals surface area contributed by atoms with E-state index in [1.165, 1.54) is 0 Å². The van der Waals surface area contributed by atoms with E-state index in [0.29, 0.717) is 17.2 Å². The molecule has 0 aliphatic carbocycles. The second kappa shape index (κ2) is 5.01. The molecule has 5 nitrogen and oxygen atoms in total. The summed E-state index contributed by atoms with van der Waals surface area (Å²) in [6.07, 6.45) is 1.97. The molecule has 2 heterocycles. The first-order valence-corrected chi connectivity index (χ1v) is 6.60. The predicted octanol–water partition coefficient (Wildman–Crippen LogP) is 2.91. The number of rotatable bonds is 3.